The van der Waals surface area contributed by atoms with Gasteiger partial charge in [-0.1, -0.05) is 0 Å². The van der Waals surface area contributed by atoms with Crippen LogP contribution in [0.3, 0.4) is 0 Å². The molecule has 13 heavy (non-hydrogen) atoms. The van der Waals surface area contributed by atoms with Crippen molar-refractivity contribution in [1.82, 2.24) is 9.27 Å². The average molecular weight is 200 g/mol. The molecule has 0 saturated heterocycles. The number of nitrogens with two attached hydrogens (primary N) is 1. The van der Waals surface area contributed by atoms with E-state index in [9.17, 15) is 0 Å². The van der Waals surface area contributed by atoms with Gasteiger partial charge < -0.3 is 16.0 Å². The Morgan fingerprint density at radius 1 is 1.62 bits per heavy atom. The molecule has 1 aromatic heterocycles. The van der Waals surface area contributed by atoms with Crippen LogP contribution in [0.15, 0.2) is 6.07 Å². The Morgan fingerprint density at radius 3 is 2.92 bits per heavy atom. The van der Waals surface area contributed by atoms with Crippen LogP contribution in [0.4, 0.5) is 10.8 Å². The van der Waals surface area contributed by atoms with Gasteiger partial charge in [0.05, 0.1) is 0 Å². The molecule has 1 rings (SSSR count). The molecular formula is C8H16N4S. The van der Waals surface area contributed by atoms with Crippen LogP contribution < -0.4 is 11.1 Å². The van der Waals surface area contributed by atoms with Crippen LogP contribution in [0, 0.1) is 0 Å². The van der Waals surface area contributed by atoms with Gasteiger partial charge in [-0.25, -0.2) is 0 Å². The largest absolute Gasteiger partial charge is 0.383 e. The molecule has 0 aromatic carbocycles. The molecule has 4 nitrogen and oxygen atoms in total. The van der Waals surface area contributed by atoms with Crippen LogP contribution in [-0.2, 0) is 0 Å². The van der Waals surface area contributed by atoms with Crippen molar-refractivity contribution >= 4 is 22.4 Å². The molecule has 0 fully saturated rings. The molecule has 0 bridgehead atoms. The maximum absolute atomic E-state index is 5.48. The summed E-state index contributed by atoms with van der Waals surface area (Å²) in [6, 6.07) is 1.86. The fourth-order valence-electron chi connectivity index (χ4n) is 0.979. The Balaban J connectivity index is 2.13. The van der Waals surface area contributed by atoms with Gasteiger partial charge in [0, 0.05) is 12.6 Å². The highest BCUT2D eigenvalue weighted by Gasteiger charge is 1.96. The monoisotopic (exact) mass is 200 g/mol. The third kappa shape index (κ3) is 4.10. The quantitative estimate of drug-likeness (QED) is 0.699. The van der Waals surface area contributed by atoms with Crippen molar-refractivity contribution in [1.29, 1.82) is 0 Å². The van der Waals surface area contributed by atoms with Crippen LogP contribution in [0.5, 0.6) is 0 Å². The summed E-state index contributed by atoms with van der Waals surface area (Å²) in [5.74, 6) is 0.597. The molecule has 0 amide bonds. The van der Waals surface area contributed by atoms with Gasteiger partial charge in [0.1, 0.15) is 10.8 Å². The first-order valence-electron chi connectivity index (χ1n) is 4.29. The van der Waals surface area contributed by atoms with Crippen molar-refractivity contribution in [2.45, 2.75) is 6.42 Å². The number of nitrogens with one attached hydrogen (secondary N) is 1. The van der Waals surface area contributed by atoms with Crippen molar-refractivity contribution in [3.8, 4) is 0 Å². The van der Waals surface area contributed by atoms with Gasteiger partial charge in [0.15, 0.2) is 0 Å². The lowest BCUT2D eigenvalue weighted by atomic mass is 10.4. The van der Waals surface area contributed by atoms with Gasteiger partial charge in [0.2, 0.25) is 0 Å². The number of nitrogen functional groups attached to an aromatic ring is 1. The fraction of sp³-hybridized carbons (Fsp3) is 0.625. The molecule has 3 N–H and O–H groups in total. The summed E-state index contributed by atoms with van der Waals surface area (Å²) in [5.41, 5.74) is 5.48. The van der Waals surface area contributed by atoms with Gasteiger partial charge in [-0.3, -0.25) is 0 Å². The Kier molecular flexibility index (Phi) is 3.98. The van der Waals surface area contributed by atoms with Gasteiger partial charge in [-0.2, -0.15) is 4.37 Å². The van der Waals surface area contributed by atoms with E-state index < -0.39 is 0 Å². The zero-order valence-electron chi connectivity index (χ0n) is 8.08. The summed E-state index contributed by atoms with van der Waals surface area (Å²) in [6.45, 7) is 2.07. The second-order valence-corrected chi connectivity index (χ2v) is 4.00. The van der Waals surface area contributed by atoms with Crippen molar-refractivity contribution in [2.24, 2.45) is 0 Å². The second-order valence-electron chi connectivity index (χ2n) is 3.20. The normalized spacial score (nSPS) is 10.7. The maximum atomic E-state index is 5.48. The second kappa shape index (κ2) is 5.04. The van der Waals surface area contributed by atoms with E-state index in [1.54, 1.807) is 0 Å². The first-order valence-corrected chi connectivity index (χ1v) is 5.06. The summed E-state index contributed by atoms with van der Waals surface area (Å²) in [4.78, 5) is 2.17. The molecular weight excluding hydrogens is 184 g/mol. The van der Waals surface area contributed by atoms with Gasteiger partial charge in [-0.15, -0.1) is 0 Å². The van der Waals surface area contributed by atoms with Crippen LogP contribution in [0.1, 0.15) is 6.42 Å². The Morgan fingerprint density at radius 2 is 2.38 bits per heavy atom. The zero-order valence-corrected chi connectivity index (χ0v) is 8.90. The third-order valence-corrected chi connectivity index (χ3v) is 2.37. The minimum atomic E-state index is 0.597. The molecule has 1 heterocycles. The molecule has 74 valence electrons. The highest BCUT2D eigenvalue weighted by Crippen LogP contribution is 2.16. The maximum Gasteiger partial charge on any atom is 0.139 e. The van der Waals surface area contributed by atoms with E-state index in [4.69, 9.17) is 5.73 Å². The van der Waals surface area contributed by atoms with Crippen molar-refractivity contribution in [2.75, 3.05) is 38.2 Å². The lowest BCUT2D eigenvalue weighted by Crippen LogP contribution is -2.16. The van der Waals surface area contributed by atoms with Gasteiger partial charge in [-0.05, 0) is 38.6 Å². The summed E-state index contributed by atoms with van der Waals surface area (Å²) < 4.78 is 3.98. The molecule has 0 saturated carbocycles. The van der Waals surface area contributed by atoms with E-state index in [0.29, 0.717) is 5.82 Å². The SMILES string of the molecule is CN(C)CCCNc1cc(N)ns1. The van der Waals surface area contributed by atoms with Crippen LogP contribution in [0.25, 0.3) is 0 Å². The van der Waals surface area contributed by atoms with E-state index in [1.165, 1.54) is 11.5 Å². The Labute approximate surface area is 82.9 Å². The topological polar surface area (TPSA) is 54.2 Å². The smallest absolute Gasteiger partial charge is 0.139 e. The number of anilines is 2. The molecule has 0 spiro atoms. The average Bonchev–Trinajstić information content (AvgIpc) is 2.45. The summed E-state index contributed by atoms with van der Waals surface area (Å²) in [6.07, 6.45) is 1.13. The van der Waals surface area contributed by atoms with E-state index >= 15 is 0 Å². The van der Waals surface area contributed by atoms with E-state index in [0.717, 1.165) is 24.5 Å². The van der Waals surface area contributed by atoms with Crippen molar-refractivity contribution in [3.05, 3.63) is 6.07 Å². The number of hydrogen-bond donors (Lipinski definition) is 2. The first-order chi connectivity index (χ1) is 6.18. The summed E-state index contributed by atoms with van der Waals surface area (Å²) in [5, 5.41) is 4.32. The lowest BCUT2D eigenvalue weighted by Gasteiger charge is -2.08. The minimum Gasteiger partial charge on any atom is -0.383 e. The number of aromatic nitrogens is 1. The van der Waals surface area contributed by atoms with Crippen molar-refractivity contribution < 1.29 is 0 Å². The standard InChI is InChI=1S/C8H16N4S/c1-12(2)5-3-4-10-8-6-7(9)11-13-8/h6,10H,3-5H2,1-2H3,(H2,9,11). The summed E-state index contributed by atoms with van der Waals surface area (Å²) in [7, 11) is 4.15. The van der Waals surface area contributed by atoms with Crippen LogP contribution in [0.2, 0.25) is 0 Å². The molecule has 1 aromatic rings. The summed E-state index contributed by atoms with van der Waals surface area (Å²) >= 11 is 1.41. The van der Waals surface area contributed by atoms with E-state index in [1.807, 2.05) is 6.07 Å². The number of rotatable bonds is 5. The highest BCUT2D eigenvalue weighted by atomic mass is 32.1. The fourth-order valence-corrected chi connectivity index (χ4v) is 1.58. The van der Waals surface area contributed by atoms with E-state index in [-0.39, 0.29) is 0 Å². The minimum absolute atomic E-state index is 0.597. The predicted molar refractivity (Wildman–Crippen MR) is 58.2 cm³/mol. The zero-order chi connectivity index (χ0) is 9.68. The number of nitrogens with zero attached hydrogens (tertiary/aromatic N) is 2. The van der Waals surface area contributed by atoms with Gasteiger partial charge in [0.25, 0.3) is 0 Å². The molecule has 0 unspecified atom stereocenters. The Hall–Kier alpha value is -0.810. The van der Waals surface area contributed by atoms with E-state index in [2.05, 4.69) is 28.7 Å². The third-order valence-electron chi connectivity index (χ3n) is 1.61. The number of hydrogen-bond acceptors (Lipinski definition) is 5. The van der Waals surface area contributed by atoms with Crippen LogP contribution >= 0.6 is 11.5 Å². The lowest BCUT2D eigenvalue weighted by molar-refractivity contribution is 0.405. The van der Waals surface area contributed by atoms with Crippen molar-refractivity contribution in [3.63, 3.8) is 0 Å². The molecule has 0 aliphatic heterocycles. The molecule has 0 aliphatic rings. The Bertz CT molecular complexity index is 246. The first kappa shape index (κ1) is 10.3. The van der Waals surface area contributed by atoms with Gasteiger partial charge >= 0.3 is 0 Å². The predicted octanol–water partition coefficient (Wildman–Crippen LogP) is 1.09. The molecule has 0 aliphatic carbocycles. The molecule has 0 radical (unpaired) electrons. The highest BCUT2D eigenvalue weighted by molar-refractivity contribution is 7.10. The molecule has 0 atom stereocenters. The van der Waals surface area contributed by atoms with Crippen LogP contribution in [-0.4, -0.2) is 36.5 Å². The molecule has 5 heteroatoms.